The van der Waals surface area contributed by atoms with Crippen LogP contribution in [0.4, 0.5) is 0 Å². The first-order valence-corrected chi connectivity index (χ1v) is 9.67. The molecule has 122 valence electrons. The SMILES string of the molecule is CCCCCCCCCCCCO[Si](OC)(OC)OC. The standard InChI is InChI=1S/C15H34O4Si/c1-5-6-7-8-9-10-11-12-13-14-15-19-20(16-2,17-3)18-4/h5-15H2,1-4H3. The molecule has 0 saturated carbocycles. The second-order valence-corrected chi connectivity index (χ2v) is 7.66. The van der Waals surface area contributed by atoms with Gasteiger partial charge in [-0.15, -0.1) is 0 Å². The van der Waals surface area contributed by atoms with Crippen molar-refractivity contribution in [1.82, 2.24) is 0 Å². The molecule has 0 unspecified atom stereocenters. The molecule has 0 spiro atoms. The van der Waals surface area contributed by atoms with Crippen molar-refractivity contribution in [2.24, 2.45) is 0 Å². The molecule has 0 aromatic carbocycles. The lowest BCUT2D eigenvalue weighted by Crippen LogP contribution is -2.46. The minimum atomic E-state index is -2.81. The summed E-state index contributed by atoms with van der Waals surface area (Å²) in [5.41, 5.74) is 0. The van der Waals surface area contributed by atoms with Crippen LogP contribution in [0.3, 0.4) is 0 Å². The minimum Gasteiger partial charge on any atom is -0.355 e. The lowest BCUT2D eigenvalue weighted by atomic mass is 10.1. The maximum Gasteiger partial charge on any atom is 0.678 e. The number of rotatable bonds is 15. The van der Waals surface area contributed by atoms with E-state index in [-0.39, 0.29) is 0 Å². The molecule has 0 saturated heterocycles. The summed E-state index contributed by atoms with van der Waals surface area (Å²) in [6, 6.07) is 0. The zero-order chi connectivity index (χ0) is 15.1. The van der Waals surface area contributed by atoms with Crippen LogP contribution in [0.2, 0.25) is 0 Å². The topological polar surface area (TPSA) is 36.9 Å². The van der Waals surface area contributed by atoms with Gasteiger partial charge in [-0.2, -0.15) is 0 Å². The van der Waals surface area contributed by atoms with Gasteiger partial charge in [0.2, 0.25) is 0 Å². The van der Waals surface area contributed by atoms with Crippen LogP contribution in [0.1, 0.15) is 71.1 Å². The number of unbranched alkanes of at least 4 members (excludes halogenated alkanes) is 9. The Bertz CT molecular complexity index is 190. The number of hydrogen-bond donors (Lipinski definition) is 0. The minimum absolute atomic E-state index is 0.651. The van der Waals surface area contributed by atoms with E-state index in [2.05, 4.69) is 6.92 Å². The molecule has 0 aliphatic carbocycles. The van der Waals surface area contributed by atoms with Crippen LogP contribution < -0.4 is 0 Å². The Labute approximate surface area is 126 Å². The van der Waals surface area contributed by atoms with Gasteiger partial charge in [0.15, 0.2) is 0 Å². The second kappa shape index (κ2) is 14.0. The average molecular weight is 307 g/mol. The highest BCUT2D eigenvalue weighted by Crippen LogP contribution is 2.12. The molecule has 0 amide bonds. The van der Waals surface area contributed by atoms with Gasteiger partial charge in [-0.05, 0) is 6.42 Å². The lowest BCUT2D eigenvalue weighted by Gasteiger charge is -2.22. The molecule has 4 nitrogen and oxygen atoms in total. The third-order valence-corrected chi connectivity index (χ3v) is 5.58. The van der Waals surface area contributed by atoms with Crippen LogP contribution in [-0.2, 0) is 17.7 Å². The summed E-state index contributed by atoms with van der Waals surface area (Å²) in [7, 11) is 1.89. The summed E-state index contributed by atoms with van der Waals surface area (Å²) in [6.07, 6.45) is 13.2. The van der Waals surface area contributed by atoms with E-state index >= 15 is 0 Å². The molecule has 0 radical (unpaired) electrons. The van der Waals surface area contributed by atoms with Crippen molar-refractivity contribution < 1.29 is 17.7 Å². The van der Waals surface area contributed by atoms with E-state index in [9.17, 15) is 0 Å². The maximum absolute atomic E-state index is 5.62. The molecule has 0 fully saturated rings. The fourth-order valence-electron chi connectivity index (χ4n) is 2.21. The van der Waals surface area contributed by atoms with Crippen molar-refractivity contribution in [2.45, 2.75) is 71.1 Å². The summed E-state index contributed by atoms with van der Waals surface area (Å²) in [5, 5.41) is 0. The molecule has 0 atom stereocenters. The monoisotopic (exact) mass is 306 g/mol. The van der Waals surface area contributed by atoms with Gasteiger partial charge < -0.3 is 17.7 Å². The van der Waals surface area contributed by atoms with Gasteiger partial charge in [0, 0.05) is 27.9 Å². The molecule has 0 bridgehead atoms. The Morgan fingerprint density at radius 1 is 0.600 bits per heavy atom. The zero-order valence-electron chi connectivity index (χ0n) is 13.9. The van der Waals surface area contributed by atoms with Gasteiger partial charge in [-0.25, -0.2) is 0 Å². The highest BCUT2D eigenvalue weighted by atomic mass is 28.4. The van der Waals surface area contributed by atoms with Crippen LogP contribution in [-0.4, -0.2) is 37.0 Å². The molecule has 0 aliphatic rings. The van der Waals surface area contributed by atoms with E-state index < -0.39 is 9.05 Å². The van der Waals surface area contributed by atoms with Crippen LogP contribution >= 0.6 is 0 Å². The molecular formula is C15H34O4Si. The zero-order valence-corrected chi connectivity index (χ0v) is 14.9. The molecule has 5 heteroatoms. The van der Waals surface area contributed by atoms with Gasteiger partial charge in [0.05, 0.1) is 0 Å². The maximum atomic E-state index is 5.62. The fraction of sp³-hybridized carbons (Fsp3) is 1.00. The Hall–Kier alpha value is 0.0569. The third-order valence-electron chi connectivity index (χ3n) is 3.53. The molecule has 20 heavy (non-hydrogen) atoms. The summed E-state index contributed by atoms with van der Waals surface area (Å²) in [5.74, 6) is 0. The Morgan fingerprint density at radius 2 is 1.00 bits per heavy atom. The fourth-order valence-corrected chi connectivity index (χ4v) is 3.46. The summed E-state index contributed by atoms with van der Waals surface area (Å²) >= 11 is 0. The van der Waals surface area contributed by atoms with Crippen molar-refractivity contribution >= 4 is 9.05 Å². The summed E-state index contributed by atoms with van der Waals surface area (Å²) < 4.78 is 21.2. The molecule has 0 rings (SSSR count). The molecule has 0 N–H and O–H groups in total. The van der Waals surface area contributed by atoms with Crippen molar-refractivity contribution in [2.75, 3.05) is 27.9 Å². The van der Waals surface area contributed by atoms with Crippen LogP contribution in [0.25, 0.3) is 0 Å². The van der Waals surface area contributed by atoms with Gasteiger partial charge in [-0.3, -0.25) is 0 Å². The van der Waals surface area contributed by atoms with Gasteiger partial charge in [-0.1, -0.05) is 64.7 Å². The molecule has 0 heterocycles. The van der Waals surface area contributed by atoms with E-state index in [1.807, 2.05) is 0 Å². The highest BCUT2D eigenvalue weighted by Gasteiger charge is 2.41. The molecule has 0 aromatic heterocycles. The van der Waals surface area contributed by atoms with Gasteiger partial charge in [0.25, 0.3) is 0 Å². The first-order valence-electron chi connectivity index (χ1n) is 8.04. The van der Waals surface area contributed by atoms with Crippen LogP contribution in [0.15, 0.2) is 0 Å². The Kier molecular flexibility index (Phi) is 14.1. The summed E-state index contributed by atoms with van der Waals surface area (Å²) in [6.45, 7) is 2.91. The highest BCUT2D eigenvalue weighted by molar-refractivity contribution is 6.53. The van der Waals surface area contributed by atoms with E-state index in [0.29, 0.717) is 6.61 Å². The second-order valence-electron chi connectivity index (χ2n) is 5.14. The van der Waals surface area contributed by atoms with Gasteiger partial charge >= 0.3 is 9.05 Å². The third kappa shape index (κ3) is 9.88. The lowest BCUT2D eigenvalue weighted by molar-refractivity contribution is 0.00504. The van der Waals surface area contributed by atoms with E-state index in [1.54, 1.807) is 21.3 Å². The molecule has 0 aromatic rings. The normalized spacial score (nSPS) is 12.0. The predicted octanol–water partition coefficient (Wildman–Crippen LogP) is 4.30. The van der Waals surface area contributed by atoms with Crippen molar-refractivity contribution in [3.63, 3.8) is 0 Å². The van der Waals surface area contributed by atoms with Gasteiger partial charge in [0.1, 0.15) is 0 Å². The quantitative estimate of drug-likeness (QED) is 0.334. The largest absolute Gasteiger partial charge is 0.678 e. The van der Waals surface area contributed by atoms with Crippen LogP contribution in [0, 0.1) is 0 Å². The predicted molar refractivity (Wildman–Crippen MR) is 84.6 cm³/mol. The first-order chi connectivity index (χ1) is 9.74. The molecular weight excluding hydrogens is 272 g/mol. The Morgan fingerprint density at radius 3 is 1.40 bits per heavy atom. The van der Waals surface area contributed by atoms with Crippen molar-refractivity contribution in [1.29, 1.82) is 0 Å². The Balaban J connectivity index is 3.32. The van der Waals surface area contributed by atoms with Crippen molar-refractivity contribution in [3.05, 3.63) is 0 Å². The number of hydrogen-bond acceptors (Lipinski definition) is 4. The van der Waals surface area contributed by atoms with Crippen LogP contribution in [0.5, 0.6) is 0 Å². The van der Waals surface area contributed by atoms with E-state index in [4.69, 9.17) is 17.7 Å². The first kappa shape index (κ1) is 20.1. The molecule has 0 aliphatic heterocycles. The average Bonchev–Trinajstić information content (AvgIpc) is 2.49. The smallest absolute Gasteiger partial charge is 0.355 e. The van der Waals surface area contributed by atoms with E-state index in [1.165, 1.54) is 57.8 Å². The summed E-state index contributed by atoms with van der Waals surface area (Å²) in [4.78, 5) is 0. The van der Waals surface area contributed by atoms with Crippen molar-refractivity contribution in [3.8, 4) is 0 Å². The van der Waals surface area contributed by atoms with E-state index in [0.717, 1.165) is 6.42 Å².